The van der Waals surface area contributed by atoms with E-state index in [-0.39, 0.29) is 95.2 Å². The van der Waals surface area contributed by atoms with Gasteiger partial charge in [-0.15, -0.1) is 34.0 Å². The Bertz CT molecular complexity index is 10400. The van der Waals surface area contributed by atoms with Crippen LogP contribution in [0.25, 0.3) is 269 Å². The van der Waals surface area contributed by atoms with Crippen LogP contribution in [0.3, 0.4) is 0 Å². The van der Waals surface area contributed by atoms with E-state index < -0.39 is 12.1 Å². The lowest BCUT2D eigenvalue weighted by atomic mass is 9.84. The minimum absolute atomic E-state index is 0.197. The van der Waals surface area contributed by atoms with Gasteiger partial charge in [0.2, 0.25) is 0 Å². The molecule has 1 nitrogen and oxygen atoms in total. The van der Waals surface area contributed by atoms with Gasteiger partial charge < -0.3 is 4.42 Å². The van der Waals surface area contributed by atoms with Crippen molar-refractivity contribution in [3.8, 4) is 122 Å². The molecule has 28 aromatic rings. The fraction of sp³-hybridized carbons (Fsp3) is 0. The topological polar surface area (TPSA) is 13.1 Å². The van der Waals surface area contributed by atoms with Crippen LogP contribution in [0.15, 0.2) is 502 Å². The number of para-hydroxylation sites is 2. The summed E-state index contributed by atoms with van der Waals surface area (Å²) in [6.07, 6.45) is 0. The van der Waals surface area contributed by atoms with Crippen LogP contribution in [-0.2, 0) is 0 Å². The molecule has 0 aliphatic heterocycles. The monoisotopic (exact) mass is 1790 g/mol. The van der Waals surface area contributed by atoms with Crippen LogP contribution in [-0.4, -0.2) is 0 Å². The van der Waals surface area contributed by atoms with E-state index in [0.29, 0.717) is 16.7 Å². The Labute approximate surface area is 820 Å². The number of benzene rings is 24. The molecule has 0 aliphatic carbocycles. The fourth-order valence-corrected chi connectivity index (χ4v) is 24.4. The Morgan fingerprint density at radius 2 is 0.419 bits per heavy atom. The Kier molecular flexibility index (Phi) is 16.4. The normalized spacial score (nSPS) is 13.2. The lowest BCUT2D eigenvalue weighted by molar-refractivity contribution is 0.670. The average molecular weight is 1800 g/mol. The molecule has 4 aromatic heterocycles. The molecule has 634 valence electrons. The molecule has 0 spiro atoms. The first-order chi connectivity index (χ1) is 73.7. The van der Waals surface area contributed by atoms with E-state index in [1.807, 2.05) is 150 Å². The maximum absolute atomic E-state index is 8.97. The average Bonchev–Trinajstić information content (AvgIpc) is 1.47. The number of fused-ring (bicyclic) bond motifs is 18. The Morgan fingerprint density at radius 3 is 0.824 bits per heavy atom. The van der Waals surface area contributed by atoms with Crippen molar-refractivity contribution in [2.45, 2.75) is 0 Å². The molecule has 4 heteroatoms. The summed E-state index contributed by atoms with van der Waals surface area (Å²) in [5.41, 5.74) is 21.7. The predicted molar refractivity (Wildman–Crippen MR) is 590 cm³/mol. The van der Waals surface area contributed by atoms with Crippen LogP contribution in [0.5, 0.6) is 0 Å². The molecule has 0 amide bonds. The largest absolute Gasteiger partial charge is 0.455 e. The maximum Gasteiger partial charge on any atom is 0.143 e. The van der Waals surface area contributed by atoms with Crippen LogP contribution in [0.1, 0.15) is 20.6 Å². The van der Waals surface area contributed by atoms with Crippen molar-refractivity contribution in [2.24, 2.45) is 0 Å². The summed E-state index contributed by atoms with van der Waals surface area (Å²) < 4.78 is 143. The lowest BCUT2D eigenvalue weighted by Crippen LogP contribution is -1.92. The maximum atomic E-state index is 8.97. The van der Waals surface area contributed by atoms with Gasteiger partial charge in [0.15, 0.2) is 0 Å². The molecule has 4 heterocycles. The van der Waals surface area contributed by atoms with Gasteiger partial charge in [-0.2, -0.15) is 0 Å². The Balaban J connectivity index is 0.000000115. The van der Waals surface area contributed by atoms with Crippen LogP contribution in [0.4, 0.5) is 0 Å². The summed E-state index contributed by atoms with van der Waals surface area (Å²) in [6.45, 7) is 0. The third-order valence-electron chi connectivity index (χ3n) is 26.7. The van der Waals surface area contributed by atoms with Gasteiger partial charge in [-0.25, -0.2) is 0 Å². The van der Waals surface area contributed by atoms with E-state index in [4.69, 9.17) is 25.0 Å². The highest BCUT2D eigenvalue weighted by Crippen LogP contribution is 2.54. The number of hydrogen-bond acceptors (Lipinski definition) is 4. The zero-order valence-corrected chi connectivity index (χ0v) is 75.3. The first-order valence-electron chi connectivity index (χ1n) is 52.8. The molecule has 0 saturated heterocycles. The molecule has 0 bridgehead atoms. The van der Waals surface area contributed by atoms with Crippen molar-refractivity contribution in [3.63, 3.8) is 0 Å². The van der Waals surface area contributed by atoms with Crippen LogP contribution < -0.4 is 0 Å². The quantitative estimate of drug-likeness (QED) is 0.118. The standard InChI is InChI=1S/C50H30OS.C44H28S.C38H24S/c1-2-14-31(15-3-1)46-35-19-4-6-21-37(35)47(38-22-7-5-20-36(38)46)32-16-12-17-33(30-32)48-39(28-29-45-49(48)42-23-9-11-27-44(42)52-45)41-25-13-24-40-34-18-8-10-26-43(34)51-50(40)41;1-3-14-29(15-4-1)33-26-27-40-44(38-24-11-12-25-39(38)45-40)43(33)32-19-13-18-31(28-32)42-36-22-9-7-20-34(36)41(30-16-5-2-6-17-30)35-21-8-10-23-37(35)42;1-2-12-25(13-3-1)36-29-16-4-6-18-31(29)37(32-19-7-5-17-30(32)36)27-15-10-14-26(24-27)28-21-11-23-35-38(28)33-20-8-9-22-34(33)39-35/h1-30H;1-28H;1-24H/i1D,2D,3D,14D,15D;2D,5D,6D,16D,17D;1D,2D,3D,12D,13D. The predicted octanol–water partition coefficient (Wildman–Crippen LogP) is 39.3. The van der Waals surface area contributed by atoms with Crippen LogP contribution in [0, 0.1) is 0 Å². The second kappa shape index (κ2) is 33.8. The van der Waals surface area contributed by atoms with E-state index in [9.17, 15) is 0 Å². The number of furan rings is 1. The van der Waals surface area contributed by atoms with Gasteiger partial charge in [-0.3, -0.25) is 0 Å². The molecule has 0 atom stereocenters. The minimum Gasteiger partial charge on any atom is -0.455 e. The van der Waals surface area contributed by atoms with Crippen molar-refractivity contribution in [3.05, 3.63) is 497 Å². The Hall–Kier alpha value is -16.7. The highest BCUT2D eigenvalue weighted by Gasteiger charge is 2.27. The van der Waals surface area contributed by atoms with Crippen molar-refractivity contribution >= 4 is 181 Å². The molecule has 0 N–H and O–H groups in total. The highest BCUT2D eigenvalue weighted by atomic mass is 32.1. The van der Waals surface area contributed by atoms with E-state index in [2.05, 4.69) is 279 Å². The van der Waals surface area contributed by atoms with E-state index in [0.717, 1.165) is 159 Å². The third-order valence-corrected chi connectivity index (χ3v) is 30.1. The summed E-state index contributed by atoms with van der Waals surface area (Å²) in [4.78, 5) is 0. The first kappa shape index (κ1) is 65.8. The fourth-order valence-electron chi connectivity index (χ4n) is 21.0. The summed E-state index contributed by atoms with van der Waals surface area (Å²) in [7, 11) is 0. The summed E-state index contributed by atoms with van der Waals surface area (Å²) >= 11 is 5.42. The van der Waals surface area contributed by atoms with Gasteiger partial charge in [0.25, 0.3) is 0 Å². The molecule has 28 rings (SSSR count). The summed E-state index contributed by atoms with van der Waals surface area (Å²) in [5, 5.41) is 20.3. The van der Waals surface area contributed by atoms with Crippen molar-refractivity contribution in [1.29, 1.82) is 0 Å². The molecular formula is C132H82OS3. The molecule has 0 aliphatic rings. The first-order valence-corrected chi connectivity index (χ1v) is 47.8. The smallest absolute Gasteiger partial charge is 0.143 e. The number of hydrogen-bond donors (Lipinski definition) is 0. The SMILES string of the molecule is [2H]c1c([2H])c([2H])c(-c2c3ccccc3c(-c3cccc(-c4c(-c5cccc6c5oc5ccccc56)ccc5sc6ccccc6c45)c3)c3ccccc23)c([2H])c1[2H].[2H]c1c([2H])c([2H])c(-c2c3ccccc3c(-c3cccc(-c4c(-c5ccccc5)ccc5sc6ccccc6c45)c3)c3ccccc23)c([2H])c1[2H].[2H]c1c([2H])c([2H])c(-c2c3ccccc3c(-c3cccc(-c4cccc5sc6ccccc6c45)c3)c3ccccc23)c([2H])c1[2H]. The van der Waals surface area contributed by atoms with Crippen LogP contribution >= 0.6 is 34.0 Å². The van der Waals surface area contributed by atoms with E-state index in [1.54, 1.807) is 11.3 Å². The summed E-state index contributed by atoms with van der Waals surface area (Å²) in [5.74, 6) is 0. The third kappa shape index (κ3) is 13.6. The second-order valence-corrected chi connectivity index (χ2v) is 37.4. The van der Waals surface area contributed by atoms with Gasteiger partial charge >= 0.3 is 0 Å². The van der Waals surface area contributed by atoms with Crippen molar-refractivity contribution in [2.75, 3.05) is 0 Å². The molecule has 0 fully saturated rings. The molecule has 24 aromatic carbocycles. The Morgan fingerprint density at radius 1 is 0.154 bits per heavy atom. The van der Waals surface area contributed by atoms with Gasteiger partial charge in [0.05, 0.1) is 20.6 Å². The number of thiophene rings is 3. The zero-order chi connectivity index (χ0) is 103. The molecule has 0 saturated carbocycles. The van der Waals surface area contributed by atoms with Gasteiger partial charge in [-0.1, -0.05) is 436 Å². The van der Waals surface area contributed by atoms with Gasteiger partial charge in [-0.05, 0) is 242 Å². The van der Waals surface area contributed by atoms with Gasteiger partial charge in [0.1, 0.15) is 11.2 Å². The molecule has 136 heavy (non-hydrogen) atoms. The molecule has 0 radical (unpaired) electrons. The molecular weight excluding hydrogens is 1700 g/mol. The number of rotatable bonds is 11. The van der Waals surface area contributed by atoms with Crippen LogP contribution in [0.2, 0.25) is 0 Å². The van der Waals surface area contributed by atoms with E-state index in [1.165, 1.54) is 77.2 Å². The van der Waals surface area contributed by atoms with Gasteiger partial charge in [0, 0.05) is 76.9 Å². The van der Waals surface area contributed by atoms with Crippen molar-refractivity contribution < 1.29 is 25.0 Å². The lowest BCUT2D eigenvalue weighted by Gasteiger charge is -2.19. The highest BCUT2D eigenvalue weighted by molar-refractivity contribution is 7.26. The zero-order valence-electron chi connectivity index (χ0n) is 87.8. The minimum atomic E-state index is -0.403. The second-order valence-electron chi connectivity index (χ2n) is 34.1. The summed E-state index contributed by atoms with van der Waals surface area (Å²) in [6, 6.07) is 136. The van der Waals surface area contributed by atoms with Crippen molar-refractivity contribution in [1.82, 2.24) is 0 Å². The van der Waals surface area contributed by atoms with E-state index >= 15 is 0 Å². The molecule has 0 unspecified atom stereocenters.